The van der Waals surface area contributed by atoms with E-state index in [0.717, 1.165) is 4.90 Å². The summed E-state index contributed by atoms with van der Waals surface area (Å²) in [5, 5.41) is 0.732. The van der Waals surface area contributed by atoms with Crippen LogP contribution in [0.3, 0.4) is 0 Å². The van der Waals surface area contributed by atoms with Crippen molar-refractivity contribution < 1.29 is 18.7 Å². The molecule has 1 heterocycles. The van der Waals surface area contributed by atoms with Gasteiger partial charge in [0.05, 0.1) is 29.0 Å². The smallest absolute Gasteiger partial charge is 0.261 e. The SMILES string of the molecule is O=C1c2ccccc2C(=O)N1C/C(=C/F)COc1ccc(Cl)cc1Cl. The van der Waals surface area contributed by atoms with Crippen molar-refractivity contribution in [3.63, 3.8) is 0 Å². The van der Waals surface area contributed by atoms with E-state index in [1.165, 1.54) is 6.07 Å². The zero-order chi connectivity index (χ0) is 18.0. The van der Waals surface area contributed by atoms with Gasteiger partial charge in [0.15, 0.2) is 0 Å². The van der Waals surface area contributed by atoms with Gasteiger partial charge in [-0.05, 0) is 30.3 Å². The van der Waals surface area contributed by atoms with Gasteiger partial charge >= 0.3 is 0 Å². The van der Waals surface area contributed by atoms with Crippen molar-refractivity contribution in [3.8, 4) is 5.75 Å². The van der Waals surface area contributed by atoms with E-state index in [9.17, 15) is 14.0 Å². The number of benzene rings is 2. The van der Waals surface area contributed by atoms with Crippen LogP contribution >= 0.6 is 23.2 Å². The Morgan fingerprint density at radius 3 is 2.28 bits per heavy atom. The molecule has 0 fully saturated rings. The lowest BCUT2D eigenvalue weighted by Crippen LogP contribution is -2.32. The zero-order valence-electron chi connectivity index (χ0n) is 12.8. The van der Waals surface area contributed by atoms with Gasteiger partial charge in [-0.3, -0.25) is 14.5 Å². The van der Waals surface area contributed by atoms with Crippen LogP contribution in [0.4, 0.5) is 4.39 Å². The molecule has 25 heavy (non-hydrogen) atoms. The Morgan fingerprint density at radius 1 is 1.08 bits per heavy atom. The van der Waals surface area contributed by atoms with Crippen molar-refractivity contribution in [1.29, 1.82) is 0 Å². The average molecular weight is 380 g/mol. The van der Waals surface area contributed by atoms with Crippen molar-refractivity contribution in [1.82, 2.24) is 4.90 Å². The Labute approximate surface area is 153 Å². The maximum absolute atomic E-state index is 13.2. The van der Waals surface area contributed by atoms with Crippen molar-refractivity contribution >= 4 is 35.0 Å². The third-order valence-electron chi connectivity index (χ3n) is 3.70. The number of ether oxygens (including phenoxy) is 1. The molecule has 0 atom stereocenters. The number of hydrogen-bond donors (Lipinski definition) is 0. The fourth-order valence-electron chi connectivity index (χ4n) is 2.46. The van der Waals surface area contributed by atoms with Crippen LogP contribution in [0.5, 0.6) is 5.75 Å². The highest BCUT2D eigenvalue weighted by atomic mass is 35.5. The van der Waals surface area contributed by atoms with Crippen LogP contribution in [0.2, 0.25) is 10.0 Å². The molecule has 2 aromatic rings. The highest BCUT2D eigenvalue weighted by Gasteiger charge is 2.35. The minimum absolute atomic E-state index is 0.125. The van der Waals surface area contributed by atoms with Crippen LogP contribution < -0.4 is 4.74 Å². The van der Waals surface area contributed by atoms with Gasteiger partial charge in [-0.25, -0.2) is 4.39 Å². The molecule has 7 heteroatoms. The van der Waals surface area contributed by atoms with Crippen LogP contribution in [0.1, 0.15) is 20.7 Å². The molecule has 3 rings (SSSR count). The minimum Gasteiger partial charge on any atom is -0.488 e. The summed E-state index contributed by atoms with van der Waals surface area (Å²) in [5.74, 6) is -0.582. The monoisotopic (exact) mass is 379 g/mol. The molecule has 2 amide bonds. The summed E-state index contributed by atoms with van der Waals surface area (Å²) < 4.78 is 18.7. The van der Waals surface area contributed by atoms with E-state index < -0.39 is 11.8 Å². The van der Waals surface area contributed by atoms with Gasteiger partial charge in [0, 0.05) is 10.6 Å². The van der Waals surface area contributed by atoms with E-state index >= 15 is 0 Å². The van der Waals surface area contributed by atoms with E-state index in [-0.39, 0.29) is 23.7 Å². The molecule has 0 saturated carbocycles. The molecule has 2 aromatic carbocycles. The van der Waals surface area contributed by atoms with Crippen LogP contribution in [0.25, 0.3) is 0 Å². The first-order valence-corrected chi connectivity index (χ1v) is 8.08. The lowest BCUT2D eigenvalue weighted by Gasteiger charge is -2.16. The third-order valence-corrected chi connectivity index (χ3v) is 4.23. The van der Waals surface area contributed by atoms with Crippen molar-refractivity contribution in [2.24, 2.45) is 0 Å². The molecule has 0 unspecified atom stereocenters. The zero-order valence-corrected chi connectivity index (χ0v) is 14.4. The summed E-state index contributed by atoms with van der Waals surface area (Å²) in [6, 6.07) is 11.1. The maximum Gasteiger partial charge on any atom is 0.261 e. The molecule has 0 spiro atoms. The lowest BCUT2D eigenvalue weighted by atomic mass is 10.1. The van der Waals surface area contributed by atoms with Crippen molar-refractivity contribution in [2.45, 2.75) is 0 Å². The molecule has 0 saturated heterocycles. The van der Waals surface area contributed by atoms with E-state index in [1.807, 2.05) is 0 Å². The van der Waals surface area contributed by atoms with E-state index in [4.69, 9.17) is 27.9 Å². The number of imide groups is 1. The number of carbonyl (C=O) groups excluding carboxylic acids is 2. The number of hydrogen-bond acceptors (Lipinski definition) is 3. The normalized spacial score (nSPS) is 14.0. The first-order valence-electron chi connectivity index (χ1n) is 7.32. The van der Waals surface area contributed by atoms with Gasteiger partial charge in [0.1, 0.15) is 12.4 Å². The summed E-state index contributed by atoms with van der Waals surface area (Å²) in [6.07, 6.45) is 0.327. The number of fused-ring (bicyclic) bond motifs is 1. The molecule has 1 aliphatic heterocycles. The van der Waals surface area contributed by atoms with Gasteiger partial charge in [-0.15, -0.1) is 0 Å². The van der Waals surface area contributed by atoms with Crippen LogP contribution in [0, 0.1) is 0 Å². The Kier molecular flexibility index (Phi) is 5.06. The largest absolute Gasteiger partial charge is 0.488 e. The van der Waals surface area contributed by atoms with Gasteiger partial charge < -0.3 is 4.74 Å². The molecule has 0 aliphatic carbocycles. The third kappa shape index (κ3) is 3.52. The number of halogens is 3. The fourth-order valence-corrected chi connectivity index (χ4v) is 2.92. The summed E-state index contributed by atoms with van der Waals surface area (Å²) in [6.45, 7) is -0.362. The number of carbonyl (C=O) groups is 2. The second kappa shape index (κ2) is 7.25. The number of rotatable bonds is 5. The van der Waals surface area contributed by atoms with Crippen molar-refractivity contribution in [3.05, 3.63) is 75.5 Å². The van der Waals surface area contributed by atoms with Crippen LogP contribution in [0.15, 0.2) is 54.4 Å². The summed E-state index contributed by atoms with van der Waals surface area (Å²) in [7, 11) is 0. The molecule has 4 nitrogen and oxygen atoms in total. The highest BCUT2D eigenvalue weighted by Crippen LogP contribution is 2.28. The van der Waals surface area contributed by atoms with Crippen molar-refractivity contribution in [2.75, 3.05) is 13.2 Å². The summed E-state index contributed by atoms with van der Waals surface area (Å²) in [5.41, 5.74) is 0.750. The standard InChI is InChI=1S/C18H12Cl2FNO3/c19-12-5-6-16(15(20)7-12)25-10-11(8-21)9-22-17(23)13-3-1-2-4-14(13)18(22)24/h1-8H,9-10H2/b11-8-. The highest BCUT2D eigenvalue weighted by molar-refractivity contribution is 6.35. The Hall–Kier alpha value is -2.37. The molecular weight excluding hydrogens is 368 g/mol. The number of nitrogens with zero attached hydrogens (tertiary/aromatic N) is 1. The topological polar surface area (TPSA) is 46.6 Å². The van der Waals surface area contributed by atoms with E-state index in [1.54, 1.807) is 36.4 Å². The fraction of sp³-hybridized carbons (Fsp3) is 0.111. The minimum atomic E-state index is -0.454. The quantitative estimate of drug-likeness (QED) is 0.717. The van der Waals surface area contributed by atoms with Crippen LogP contribution in [-0.4, -0.2) is 29.9 Å². The second-order valence-electron chi connectivity index (χ2n) is 5.37. The predicted molar refractivity (Wildman–Crippen MR) is 93.0 cm³/mol. The summed E-state index contributed by atoms with van der Waals surface area (Å²) >= 11 is 11.8. The molecular formula is C18H12Cl2FNO3. The molecule has 0 N–H and O–H groups in total. The second-order valence-corrected chi connectivity index (χ2v) is 6.22. The first-order chi connectivity index (χ1) is 12.0. The Morgan fingerprint density at radius 2 is 1.72 bits per heavy atom. The average Bonchev–Trinajstić information content (AvgIpc) is 2.85. The molecule has 0 radical (unpaired) electrons. The van der Waals surface area contributed by atoms with Gasteiger partial charge in [0.2, 0.25) is 0 Å². The molecule has 128 valence electrons. The Balaban J connectivity index is 1.69. The van der Waals surface area contributed by atoms with E-state index in [2.05, 4.69) is 0 Å². The molecule has 0 bridgehead atoms. The maximum atomic E-state index is 13.2. The molecule has 0 aromatic heterocycles. The lowest BCUT2D eigenvalue weighted by molar-refractivity contribution is 0.0664. The molecule has 1 aliphatic rings. The Bertz CT molecular complexity index is 847. The number of amides is 2. The van der Waals surface area contributed by atoms with Gasteiger partial charge in [-0.2, -0.15) is 0 Å². The van der Waals surface area contributed by atoms with Gasteiger partial charge in [0.25, 0.3) is 11.8 Å². The van der Waals surface area contributed by atoms with Gasteiger partial charge in [-0.1, -0.05) is 35.3 Å². The summed E-state index contributed by atoms with van der Waals surface area (Å²) in [4.78, 5) is 25.6. The first kappa shape index (κ1) is 17.5. The predicted octanol–water partition coefficient (Wildman–Crippen LogP) is 4.52. The van der Waals surface area contributed by atoms with E-state index in [0.29, 0.717) is 28.2 Å². The van der Waals surface area contributed by atoms with Crippen LogP contribution in [-0.2, 0) is 0 Å².